The maximum atomic E-state index is 12.4. The Balaban J connectivity index is 1.68. The van der Waals surface area contributed by atoms with Crippen molar-refractivity contribution in [2.45, 2.75) is 6.54 Å². The second kappa shape index (κ2) is 6.30. The van der Waals surface area contributed by atoms with Gasteiger partial charge < -0.3 is 14.7 Å². The highest BCUT2D eigenvalue weighted by Crippen LogP contribution is 2.35. The first-order chi connectivity index (χ1) is 13.4. The molecule has 0 aliphatic carbocycles. The molecule has 28 heavy (non-hydrogen) atoms. The number of azo groups is 1. The van der Waals surface area contributed by atoms with Gasteiger partial charge in [0.05, 0.1) is 11.8 Å². The molecule has 0 saturated heterocycles. The molecule has 0 unspecified atom stereocenters. The van der Waals surface area contributed by atoms with E-state index in [1.165, 1.54) is 29.6 Å². The predicted octanol–water partition coefficient (Wildman–Crippen LogP) is 0.931. The maximum absolute atomic E-state index is 12.4. The first kappa shape index (κ1) is 17.4. The zero-order chi connectivity index (χ0) is 20.0. The molecule has 3 aromatic heterocycles. The molecule has 4 aromatic rings. The van der Waals surface area contributed by atoms with Gasteiger partial charge in [0.2, 0.25) is 5.88 Å². The van der Waals surface area contributed by atoms with E-state index in [-0.39, 0.29) is 29.3 Å². The van der Waals surface area contributed by atoms with Crippen LogP contribution in [0.2, 0.25) is 0 Å². The lowest BCUT2D eigenvalue weighted by molar-refractivity contribution is -0.118. The van der Waals surface area contributed by atoms with Crippen LogP contribution in [0.15, 0.2) is 50.4 Å². The lowest BCUT2D eigenvalue weighted by Gasteiger charge is -2.04. The predicted molar refractivity (Wildman–Crippen MR) is 99.7 cm³/mol. The second-order valence-corrected chi connectivity index (χ2v) is 6.21. The zero-order valence-electron chi connectivity index (χ0n) is 14.9. The van der Waals surface area contributed by atoms with E-state index in [0.29, 0.717) is 10.9 Å². The molecule has 11 nitrogen and oxygen atoms in total. The maximum Gasteiger partial charge on any atom is 0.332 e. The summed E-state index contributed by atoms with van der Waals surface area (Å²) in [6.45, 7) is -0.295. The second-order valence-electron chi connectivity index (χ2n) is 6.21. The van der Waals surface area contributed by atoms with Crippen LogP contribution in [-0.4, -0.2) is 34.7 Å². The van der Waals surface area contributed by atoms with Gasteiger partial charge in [-0.2, -0.15) is 0 Å². The molecular formula is C17H15N7O4. The van der Waals surface area contributed by atoms with Gasteiger partial charge in [0.1, 0.15) is 6.54 Å². The molecule has 0 bridgehead atoms. The van der Waals surface area contributed by atoms with Gasteiger partial charge in [0.25, 0.3) is 11.5 Å². The Labute approximate surface area is 156 Å². The molecule has 0 saturated carbocycles. The van der Waals surface area contributed by atoms with Crippen molar-refractivity contribution in [1.82, 2.24) is 23.7 Å². The number of aryl methyl sites for hydroxylation is 1. The number of benzene rings is 1. The largest absolute Gasteiger partial charge is 0.493 e. The van der Waals surface area contributed by atoms with Crippen LogP contribution in [0.5, 0.6) is 5.88 Å². The van der Waals surface area contributed by atoms with Crippen molar-refractivity contribution in [3.63, 3.8) is 0 Å². The summed E-state index contributed by atoms with van der Waals surface area (Å²) in [4.78, 5) is 43.4. The van der Waals surface area contributed by atoms with Crippen LogP contribution in [0.25, 0.3) is 22.1 Å². The van der Waals surface area contributed by atoms with E-state index in [1.54, 1.807) is 24.3 Å². The molecule has 142 valence electrons. The number of amides is 1. The van der Waals surface area contributed by atoms with Crippen molar-refractivity contribution in [1.29, 1.82) is 0 Å². The Morgan fingerprint density at radius 1 is 1.21 bits per heavy atom. The number of carbonyl (C=O) groups excluding carboxylic acids is 1. The van der Waals surface area contributed by atoms with Gasteiger partial charge in [0, 0.05) is 19.5 Å². The first-order valence-corrected chi connectivity index (χ1v) is 8.23. The fourth-order valence-electron chi connectivity index (χ4n) is 3.01. The highest BCUT2D eigenvalue weighted by Gasteiger charge is 2.16. The number of hydrogen-bond donors (Lipinski definition) is 2. The summed E-state index contributed by atoms with van der Waals surface area (Å²) < 4.78 is 3.48. The van der Waals surface area contributed by atoms with E-state index in [2.05, 4.69) is 20.2 Å². The van der Waals surface area contributed by atoms with Crippen LogP contribution in [0, 0.1) is 0 Å². The number of aromatic amines is 1. The van der Waals surface area contributed by atoms with Crippen molar-refractivity contribution in [2.75, 3.05) is 0 Å². The van der Waals surface area contributed by atoms with Gasteiger partial charge in [-0.05, 0) is 6.07 Å². The monoisotopic (exact) mass is 381 g/mol. The minimum atomic E-state index is -0.653. The Morgan fingerprint density at radius 2 is 1.96 bits per heavy atom. The van der Waals surface area contributed by atoms with E-state index in [4.69, 9.17) is 0 Å². The molecule has 1 aromatic carbocycles. The minimum absolute atomic E-state index is 0.114. The third-order valence-electron chi connectivity index (χ3n) is 4.44. The van der Waals surface area contributed by atoms with Crippen LogP contribution >= 0.6 is 0 Å². The van der Waals surface area contributed by atoms with Gasteiger partial charge in [-0.25, -0.2) is 9.78 Å². The fraction of sp³-hybridized carbons (Fsp3) is 0.176. The number of aromatic hydroxyl groups is 1. The summed E-state index contributed by atoms with van der Waals surface area (Å²) in [6.07, 6.45) is 1.29. The normalized spacial score (nSPS) is 11.8. The molecule has 0 spiro atoms. The number of fused-ring (bicyclic) bond motifs is 2. The molecule has 2 N–H and O–H groups in total. The molecule has 11 heteroatoms. The van der Waals surface area contributed by atoms with Crippen molar-refractivity contribution in [3.8, 4) is 5.88 Å². The molecule has 0 aliphatic heterocycles. The molecule has 3 heterocycles. The molecule has 0 radical (unpaired) electrons. The molecule has 0 fully saturated rings. The van der Waals surface area contributed by atoms with Crippen LogP contribution in [0.4, 0.5) is 5.69 Å². The number of hydrogen-bond acceptors (Lipinski definition) is 6. The number of nitrogens with one attached hydrogen (secondary N) is 1. The molecule has 1 amide bonds. The highest BCUT2D eigenvalue weighted by molar-refractivity contribution is 5.94. The quantitative estimate of drug-likeness (QED) is 0.508. The zero-order valence-corrected chi connectivity index (χ0v) is 14.9. The number of H-pyrrole nitrogens is 1. The van der Waals surface area contributed by atoms with Gasteiger partial charge in [-0.3, -0.25) is 18.7 Å². The average molecular weight is 381 g/mol. The lowest BCUT2D eigenvalue weighted by Crippen LogP contribution is -2.37. The van der Waals surface area contributed by atoms with Crippen LogP contribution in [-0.2, 0) is 25.4 Å². The Bertz CT molecular complexity index is 1390. The summed E-state index contributed by atoms with van der Waals surface area (Å²) in [5.74, 6) is -0.852. The SMILES string of the molecule is Cn1c(=O)c2c(ncn2CC(=O)N=Nc2c(O)[nH]c3ccccc23)n(C)c1=O. The van der Waals surface area contributed by atoms with Gasteiger partial charge >= 0.3 is 5.69 Å². The minimum Gasteiger partial charge on any atom is -0.493 e. The first-order valence-electron chi connectivity index (χ1n) is 8.23. The van der Waals surface area contributed by atoms with Gasteiger partial charge in [-0.15, -0.1) is 10.2 Å². The van der Waals surface area contributed by atoms with Crippen LogP contribution < -0.4 is 11.2 Å². The topological polar surface area (TPSA) is 140 Å². The van der Waals surface area contributed by atoms with Crippen molar-refractivity contribution >= 4 is 33.7 Å². The smallest absolute Gasteiger partial charge is 0.332 e. The number of carbonyl (C=O) groups is 1. The third kappa shape index (κ3) is 2.60. The van der Waals surface area contributed by atoms with Crippen LogP contribution in [0.3, 0.4) is 0 Å². The third-order valence-corrected chi connectivity index (χ3v) is 4.44. The number of imidazole rings is 1. The highest BCUT2D eigenvalue weighted by atomic mass is 16.3. The number of aromatic nitrogens is 5. The van der Waals surface area contributed by atoms with E-state index >= 15 is 0 Å². The summed E-state index contributed by atoms with van der Waals surface area (Å²) >= 11 is 0. The van der Waals surface area contributed by atoms with Crippen molar-refractivity contribution in [3.05, 3.63) is 51.4 Å². The Hall–Kier alpha value is -4.02. The molecular weight excluding hydrogens is 366 g/mol. The fourth-order valence-corrected chi connectivity index (χ4v) is 3.01. The molecule has 0 atom stereocenters. The molecule has 4 rings (SSSR count). The van der Waals surface area contributed by atoms with Gasteiger partial charge in [-0.1, -0.05) is 18.2 Å². The van der Waals surface area contributed by atoms with Crippen LogP contribution in [0.1, 0.15) is 0 Å². The van der Waals surface area contributed by atoms with E-state index in [9.17, 15) is 19.5 Å². The summed E-state index contributed by atoms with van der Waals surface area (Å²) in [7, 11) is 2.84. The summed E-state index contributed by atoms with van der Waals surface area (Å²) in [6, 6.07) is 7.06. The lowest BCUT2D eigenvalue weighted by atomic mass is 10.2. The number of para-hydroxylation sites is 1. The standard InChI is InChI=1S/C17H15N7O4/c1-22-14-13(16(27)23(2)17(22)28)24(8-18-14)7-11(25)20-21-12-9-5-3-4-6-10(9)19-15(12)26/h3-6,8,19,26H,7H2,1-2H3. The Morgan fingerprint density at radius 3 is 2.75 bits per heavy atom. The van der Waals surface area contributed by atoms with Gasteiger partial charge in [0.15, 0.2) is 16.9 Å². The number of nitrogens with zero attached hydrogens (tertiary/aromatic N) is 6. The van der Waals surface area contributed by atoms with E-state index < -0.39 is 17.2 Å². The van der Waals surface area contributed by atoms with E-state index in [1.807, 2.05) is 0 Å². The summed E-state index contributed by atoms with van der Waals surface area (Å²) in [5, 5.41) is 18.1. The summed E-state index contributed by atoms with van der Waals surface area (Å²) in [5.41, 5.74) is 0.0255. The number of rotatable bonds is 3. The van der Waals surface area contributed by atoms with Crippen molar-refractivity contribution < 1.29 is 9.90 Å². The molecule has 0 aliphatic rings. The van der Waals surface area contributed by atoms with E-state index in [0.717, 1.165) is 4.57 Å². The Kier molecular flexibility index (Phi) is 3.91. The average Bonchev–Trinajstić information content (AvgIpc) is 3.23. The van der Waals surface area contributed by atoms with Crippen molar-refractivity contribution in [2.24, 2.45) is 24.3 Å².